The summed E-state index contributed by atoms with van der Waals surface area (Å²) in [7, 11) is 1.50. The number of hydrogen-bond acceptors (Lipinski definition) is 5. The van der Waals surface area contributed by atoms with E-state index in [1.165, 1.54) is 29.1 Å². The molecule has 1 saturated carbocycles. The fourth-order valence-corrected chi connectivity index (χ4v) is 4.67. The molecule has 2 atom stereocenters. The Hall–Kier alpha value is -4.14. The first kappa shape index (κ1) is 21.7. The van der Waals surface area contributed by atoms with Gasteiger partial charge in [-0.1, -0.05) is 48.5 Å². The molecule has 1 heterocycles. The van der Waals surface area contributed by atoms with Gasteiger partial charge >= 0.3 is 12.1 Å². The molecule has 2 unspecified atom stereocenters. The van der Waals surface area contributed by atoms with E-state index in [0.29, 0.717) is 13.0 Å². The molecule has 174 valence electrons. The molecule has 34 heavy (non-hydrogen) atoms. The van der Waals surface area contributed by atoms with Crippen molar-refractivity contribution in [3.8, 4) is 11.1 Å². The lowest BCUT2D eigenvalue weighted by molar-refractivity contribution is -0.117. The van der Waals surface area contributed by atoms with Crippen LogP contribution in [-0.4, -0.2) is 46.0 Å². The van der Waals surface area contributed by atoms with Crippen molar-refractivity contribution in [2.24, 2.45) is 18.9 Å². The first-order valence-corrected chi connectivity index (χ1v) is 11.1. The molecular weight excluding hydrogens is 436 g/mol. The number of rotatable bonds is 7. The van der Waals surface area contributed by atoms with Gasteiger partial charge < -0.3 is 20.5 Å². The van der Waals surface area contributed by atoms with Crippen LogP contribution < -0.4 is 10.6 Å². The lowest BCUT2D eigenvalue weighted by Crippen LogP contribution is -2.29. The van der Waals surface area contributed by atoms with E-state index in [1.807, 2.05) is 24.3 Å². The van der Waals surface area contributed by atoms with Gasteiger partial charge in [0, 0.05) is 25.4 Å². The van der Waals surface area contributed by atoms with Crippen molar-refractivity contribution in [3.05, 3.63) is 71.5 Å². The highest BCUT2D eigenvalue weighted by Gasteiger charge is 2.43. The summed E-state index contributed by atoms with van der Waals surface area (Å²) >= 11 is 0. The number of carboxylic acids is 1. The number of carboxylic acid groups (broad SMARTS) is 1. The Bertz CT molecular complexity index is 1240. The second-order valence-electron chi connectivity index (χ2n) is 8.63. The predicted molar refractivity (Wildman–Crippen MR) is 123 cm³/mol. The molecule has 0 radical (unpaired) electrons. The summed E-state index contributed by atoms with van der Waals surface area (Å²) in [6.07, 6.45) is 1.40. The van der Waals surface area contributed by atoms with Crippen LogP contribution in [0.3, 0.4) is 0 Å². The van der Waals surface area contributed by atoms with E-state index >= 15 is 0 Å². The largest absolute Gasteiger partial charge is 0.476 e. The maximum absolute atomic E-state index is 12.5. The van der Waals surface area contributed by atoms with Crippen molar-refractivity contribution in [2.75, 3.05) is 18.5 Å². The molecule has 3 aromatic rings. The Kier molecular flexibility index (Phi) is 5.53. The number of aryl methyl sites for hydroxylation is 1. The quantitative estimate of drug-likeness (QED) is 0.498. The highest BCUT2D eigenvalue weighted by Crippen LogP contribution is 2.44. The maximum atomic E-state index is 12.5. The van der Waals surface area contributed by atoms with Crippen molar-refractivity contribution in [1.29, 1.82) is 0 Å². The minimum absolute atomic E-state index is 0.0134. The zero-order valence-corrected chi connectivity index (χ0v) is 18.5. The van der Waals surface area contributed by atoms with Crippen LogP contribution >= 0.6 is 0 Å². The summed E-state index contributed by atoms with van der Waals surface area (Å²) in [5.41, 5.74) is 4.70. The Morgan fingerprint density at radius 3 is 2.38 bits per heavy atom. The van der Waals surface area contributed by atoms with E-state index in [-0.39, 0.29) is 41.6 Å². The summed E-state index contributed by atoms with van der Waals surface area (Å²) < 4.78 is 6.72. The van der Waals surface area contributed by atoms with Crippen LogP contribution in [0.25, 0.3) is 11.1 Å². The van der Waals surface area contributed by atoms with Crippen molar-refractivity contribution >= 4 is 23.7 Å². The van der Waals surface area contributed by atoms with Crippen LogP contribution in [0.2, 0.25) is 0 Å². The van der Waals surface area contributed by atoms with Crippen LogP contribution in [0.5, 0.6) is 0 Å². The zero-order valence-electron chi connectivity index (χ0n) is 18.5. The number of nitrogens with zero attached hydrogens (tertiary/aromatic N) is 2. The molecule has 9 heteroatoms. The van der Waals surface area contributed by atoms with Gasteiger partial charge in [0.2, 0.25) is 5.91 Å². The minimum Gasteiger partial charge on any atom is -0.476 e. The van der Waals surface area contributed by atoms with Crippen molar-refractivity contribution in [1.82, 2.24) is 15.1 Å². The number of fused-ring (bicyclic) bond motifs is 3. The van der Waals surface area contributed by atoms with Gasteiger partial charge in [-0.25, -0.2) is 9.59 Å². The number of anilines is 1. The van der Waals surface area contributed by atoms with Gasteiger partial charge in [-0.05, 0) is 34.6 Å². The van der Waals surface area contributed by atoms with E-state index in [4.69, 9.17) is 4.74 Å². The molecule has 0 saturated heterocycles. The van der Waals surface area contributed by atoms with Crippen LogP contribution in [0.1, 0.15) is 34.0 Å². The molecule has 1 fully saturated rings. The van der Waals surface area contributed by atoms with E-state index in [0.717, 1.165) is 11.1 Å². The highest BCUT2D eigenvalue weighted by molar-refractivity contribution is 6.00. The second kappa shape index (κ2) is 8.66. The molecule has 0 bridgehead atoms. The average molecular weight is 460 g/mol. The topological polar surface area (TPSA) is 123 Å². The van der Waals surface area contributed by atoms with E-state index < -0.39 is 12.1 Å². The number of alkyl carbamates (subject to hydrolysis) is 1. The molecular formula is C25H24N4O5. The number of carbonyl (C=O) groups is 3. The number of aromatic nitrogens is 2. The molecule has 1 aromatic heterocycles. The summed E-state index contributed by atoms with van der Waals surface area (Å²) in [6.45, 7) is 0.543. The SMILES string of the molecule is Cn1ncc(NC(=O)C2CC2CNC(=O)OCC2c3ccccc3-c3ccccc32)c1C(=O)O. The normalized spacial score (nSPS) is 18.0. The van der Waals surface area contributed by atoms with Gasteiger partial charge in [-0.15, -0.1) is 0 Å². The Morgan fingerprint density at radius 1 is 1.09 bits per heavy atom. The fraction of sp³-hybridized carbons (Fsp3) is 0.280. The van der Waals surface area contributed by atoms with Gasteiger partial charge in [-0.3, -0.25) is 9.48 Å². The van der Waals surface area contributed by atoms with Gasteiger partial charge in [-0.2, -0.15) is 5.10 Å². The van der Waals surface area contributed by atoms with Crippen LogP contribution in [0.15, 0.2) is 54.7 Å². The number of amides is 2. The lowest BCUT2D eigenvalue weighted by atomic mass is 9.98. The molecule has 0 aliphatic heterocycles. The third kappa shape index (κ3) is 4.00. The number of benzene rings is 2. The van der Waals surface area contributed by atoms with Crippen molar-refractivity contribution < 1.29 is 24.2 Å². The Labute approximate surface area is 195 Å². The number of carbonyl (C=O) groups excluding carboxylic acids is 2. The number of hydrogen-bond donors (Lipinski definition) is 3. The third-order valence-corrected chi connectivity index (χ3v) is 6.51. The van der Waals surface area contributed by atoms with Crippen molar-refractivity contribution in [2.45, 2.75) is 12.3 Å². The van der Waals surface area contributed by atoms with Gasteiger partial charge in [0.1, 0.15) is 6.61 Å². The highest BCUT2D eigenvalue weighted by atomic mass is 16.5. The second-order valence-corrected chi connectivity index (χ2v) is 8.63. The lowest BCUT2D eigenvalue weighted by Gasteiger charge is -2.14. The van der Waals surface area contributed by atoms with E-state index in [9.17, 15) is 19.5 Å². The number of aromatic carboxylic acids is 1. The standard InChI is InChI=1S/C25H24N4O5/c1-29-22(24(31)32)21(12-27-29)28-23(30)19-10-14(19)11-26-25(33)34-13-20-17-8-4-2-6-15(17)16-7-3-5-9-18(16)20/h2-9,12,14,19-20H,10-11,13H2,1H3,(H,26,33)(H,28,30)(H,31,32). The maximum Gasteiger partial charge on any atom is 0.407 e. The van der Waals surface area contributed by atoms with Crippen molar-refractivity contribution in [3.63, 3.8) is 0 Å². The molecule has 9 nitrogen and oxygen atoms in total. The average Bonchev–Trinajstić information content (AvgIpc) is 3.42. The number of ether oxygens (including phenoxy) is 1. The smallest absolute Gasteiger partial charge is 0.407 e. The fourth-order valence-electron chi connectivity index (χ4n) is 4.67. The number of nitrogens with one attached hydrogen (secondary N) is 2. The molecule has 0 spiro atoms. The summed E-state index contributed by atoms with van der Waals surface area (Å²) in [6, 6.07) is 16.3. The van der Waals surface area contributed by atoms with Crippen LogP contribution in [0, 0.1) is 11.8 Å². The third-order valence-electron chi connectivity index (χ3n) is 6.51. The van der Waals surface area contributed by atoms with Gasteiger partial charge in [0.05, 0.1) is 11.9 Å². The molecule has 2 aliphatic rings. The van der Waals surface area contributed by atoms with Gasteiger partial charge in [0.25, 0.3) is 0 Å². The first-order valence-electron chi connectivity index (χ1n) is 11.1. The van der Waals surface area contributed by atoms with Crippen LogP contribution in [0.4, 0.5) is 10.5 Å². The Morgan fingerprint density at radius 2 is 1.74 bits per heavy atom. The molecule has 2 amide bonds. The van der Waals surface area contributed by atoms with E-state index in [1.54, 1.807) is 0 Å². The van der Waals surface area contributed by atoms with Gasteiger partial charge in [0.15, 0.2) is 5.69 Å². The first-order chi connectivity index (χ1) is 16.4. The predicted octanol–water partition coefficient (Wildman–Crippen LogP) is 3.23. The summed E-state index contributed by atoms with van der Waals surface area (Å²) in [4.78, 5) is 36.1. The molecule has 5 rings (SSSR count). The summed E-state index contributed by atoms with van der Waals surface area (Å²) in [5.74, 6) is -1.78. The zero-order chi connectivity index (χ0) is 23.8. The van der Waals surface area contributed by atoms with Crippen LogP contribution in [-0.2, 0) is 16.6 Å². The van der Waals surface area contributed by atoms with E-state index in [2.05, 4.69) is 40.0 Å². The Balaban J connectivity index is 1.12. The molecule has 2 aliphatic carbocycles. The molecule has 2 aromatic carbocycles. The molecule has 3 N–H and O–H groups in total. The minimum atomic E-state index is -1.17. The summed E-state index contributed by atoms with van der Waals surface area (Å²) in [5, 5.41) is 18.5. The monoisotopic (exact) mass is 460 g/mol.